The van der Waals surface area contributed by atoms with Crippen molar-refractivity contribution in [3.8, 4) is 11.3 Å². The fourth-order valence-electron chi connectivity index (χ4n) is 2.65. The van der Waals surface area contributed by atoms with E-state index >= 15 is 0 Å². The normalized spacial score (nSPS) is 15.4. The minimum Gasteiger partial charge on any atom is -0.444 e. The number of nitrogens with zero attached hydrogens (tertiary/aromatic N) is 4. The van der Waals surface area contributed by atoms with Crippen molar-refractivity contribution in [3.63, 3.8) is 0 Å². The summed E-state index contributed by atoms with van der Waals surface area (Å²) >= 11 is 1.46. The minimum absolute atomic E-state index is 0.307. The van der Waals surface area contributed by atoms with Crippen LogP contribution in [-0.2, 0) is 4.74 Å². The molecule has 3 heterocycles. The molecular weight excluding hydrogens is 343 g/mol. The van der Waals surface area contributed by atoms with E-state index in [1.165, 1.54) is 23.6 Å². The standard InChI is InChI=1S/C17H21FN4O2S/c1-17(2,3)24-16(23)22-6-4-21(5-7-22)15-13(8-12(18)9-19-15)14-10-25-11-20-14/h8-11H,4-7H2,1-3H3. The third kappa shape index (κ3) is 4.25. The van der Waals surface area contributed by atoms with Gasteiger partial charge in [-0.15, -0.1) is 11.3 Å². The number of pyridine rings is 1. The number of aromatic nitrogens is 2. The monoisotopic (exact) mass is 364 g/mol. The van der Waals surface area contributed by atoms with Crippen LogP contribution in [0.3, 0.4) is 0 Å². The van der Waals surface area contributed by atoms with Gasteiger partial charge in [-0.3, -0.25) is 0 Å². The van der Waals surface area contributed by atoms with Crippen molar-refractivity contribution in [3.05, 3.63) is 29.0 Å². The molecule has 1 fully saturated rings. The number of carbonyl (C=O) groups excluding carboxylic acids is 1. The second kappa shape index (κ2) is 6.95. The van der Waals surface area contributed by atoms with Gasteiger partial charge in [0.15, 0.2) is 0 Å². The van der Waals surface area contributed by atoms with Gasteiger partial charge in [0, 0.05) is 37.1 Å². The molecule has 0 aromatic carbocycles. The van der Waals surface area contributed by atoms with E-state index in [0.717, 1.165) is 0 Å². The summed E-state index contributed by atoms with van der Waals surface area (Å²) in [5.74, 6) is 0.301. The molecular formula is C17H21FN4O2S. The van der Waals surface area contributed by atoms with Gasteiger partial charge in [-0.2, -0.15) is 0 Å². The first kappa shape index (κ1) is 17.6. The van der Waals surface area contributed by atoms with Crippen LogP contribution in [0.1, 0.15) is 20.8 Å². The molecule has 6 nitrogen and oxygen atoms in total. The van der Waals surface area contributed by atoms with Gasteiger partial charge < -0.3 is 14.5 Å². The highest BCUT2D eigenvalue weighted by Gasteiger charge is 2.27. The van der Waals surface area contributed by atoms with Crippen LogP contribution in [0.5, 0.6) is 0 Å². The van der Waals surface area contributed by atoms with E-state index < -0.39 is 5.60 Å². The maximum absolute atomic E-state index is 13.7. The van der Waals surface area contributed by atoms with Crippen LogP contribution in [0, 0.1) is 5.82 Å². The first-order valence-electron chi connectivity index (χ1n) is 8.10. The number of ether oxygens (including phenoxy) is 1. The van der Waals surface area contributed by atoms with E-state index in [0.29, 0.717) is 43.3 Å². The zero-order chi connectivity index (χ0) is 18.0. The lowest BCUT2D eigenvalue weighted by Crippen LogP contribution is -2.50. The molecule has 2 aromatic heterocycles. The average Bonchev–Trinajstić information content (AvgIpc) is 3.08. The molecule has 0 atom stereocenters. The minimum atomic E-state index is -0.509. The lowest BCUT2D eigenvalue weighted by molar-refractivity contribution is 0.0240. The number of hydrogen-bond donors (Lipinski definition) is 0. The molecule has 1 saturated heterocycles. The van der Waals surface area contributed by atoms with E-state index in [-0.39, 0.29) is 11.9 Å². The predicted molar refractivity (Wildman–Crippen MR) is 95.3 cm³/mol. The van der Waals surface area contributed by atoms with E-state index in [1.807, 2.05) is 26.2 Å². The van der Waals surface area contributed by atoms with Gasteiger partial charge in [-0.05, 0) is 26.8 Å². The van der Waals surface area contributed by atoms with Crippen LogP contribution in [0.15, 0.2) is 23.2 Å². The molecule has 1 amide bonds. The zero-order valence-corrected chi connectivity index (χ0v) is 15.3. The van der Waals surface area contributed by atoms with Crippen LogP contribution in [-0.4, -0.2) is 52.7 Å². The largest absolute Gasteiger partial charge is 0.444 e. The van der Waals surface area contributed by atoms with Gasteiger partial charge in [0.25, 0.3) is 0 Å². The third-order valence-electron chi connectivity index (χ3n) is 3.77. The molecule has 0 bridgehead atoms. The molecule has 0 N–H and O–H groups in total. The molecule has 2 aromatic rings. The lowest BCUT2D eigenvalue weighted by Gasteiger charge is -2.36. The molecule has 0 aliphatic carbocycles. The van der Waals surface area contributed by atoms with Crippen LogP contribution >= 0.6 is 11.3 Å². The third-order valence-corrected chi connectivity index (χ3v) is 4.36. The number of hydrogen-bond acceptors (Lipinski definition) is 6. The van der Waals surface area contributed by atoms with Gasteiger partial charge >= 0.3 is 6.09 Å². The Morgan fingerprint density at radius 3 is 2.56 bits per heavy atom. The lowest BCUT2D eigenvalue weighted by atomic mass is 10.1. The first-order chi connectivity index (χ1) is 11.8. The average molecular weight is 364 g/mol. The van der Waals surface area contributed by atoms with Gasteiger partial charge in [-0.1, -0.05) is 0 Å². The summed E-state index contributed by atoms with van der Waals surface area (Å²) < 4.78 is 19.1. The van der Waals surface area contributed by atoms with Crippen molar-refractivity contribution < 1.29 is 13.9 Å². The summed E-state index contributed by atoms with van der Waals surface area (Å²) in [4.78, 5) is 24.4. The summed E-state index contributed by atoms with van der Waals surface area (Å²) in [5, 5.41) is 1.87. The predicted octanol–water partition coefficient (Wildman–Crippen LogP) is 3.40. The SMILES string of the molecule is CC(C)(C)OC(=O)N1CCN(c2ncc(F)cc2-c2cscn2)CC1. The van der Waals surface area contributed by atoms with Gasteiger partial charge in [0.05, 0.1) is 17.4 Å². The summed E-state index contributed by atoms with van der Waals surface area (Å²) in [6, 6.07) is 1.46. The van der Waals surface area contributed by atoms with E-state index in [9.17, 15) is 9.18 Å². The number of amides is 1. The molecule has 3 rings (SSSR count). The van der Waals surface area contributed by atoms with Gasteiger partial charge in [0.1, 0.15) is 17.2 Å². The molecule has 1 aliphatic heterocycles. The fourth-order valence-corrected chi connectivity index (χ4v) is 3.20. The van der Waals surface area contributed by atoms with Crippen molar-refractivity contribution in [2.24, 2.45) is 0 Å². The van der Waals surface area contributed by atoms with Crippen molar-refractivity contribution >= 4 is 23.2 Å². The maximum Gasteiger partial charge on any atom is 0.410 e. The number of thiazole rings is 1. The van der Waals surface area contributed by atoms with Crippen molar-refractivity contribution in [2.75, 3.05) is 31.1 Å². The van der Waals surface area contributed by atoms with E-state index in [2.05, 4.69) is 14.9 Å². The first-order valence-corrected chi connectivity index (χ1v) is 9.05. The van der Waals surface area contributed by atoms with Gasteiger partial charge in [0.2, 0.25) is 0 Å². The molecule has 1 aliphatic rings. The number of halogens is 1. The fraction of sp³-hybridized carbons (Fsp3) is 0.471. The highest BCUT2D eigenvalue weighted by Crippen LogP contribution is 2.30. The molecule has 8 heteroatoms. The second-order valence-electron chi connectivity index (χ2n) is 6.85. The smallest absolute Gasteiger partial charge is 0.410 e. The maximum atomic E-state index is 13.7. The van der Waals surface area contributed by atoms with Crippen LogP contribution in [0.2, 0.25) is 0 Å². The van der Waals surface area contributed by atoms with E-state index in [4.69, 9.17) is 4.74 Å². The quantitative estimate of drug-likeness (QED) is 0.817. The van der Waals surface area contributed by atoms with Crippen molar-refractivity contribution in [1.82, 2.24) is 14.9 Å². The number of piperazine rings is 1. The van der Waals surface area contributed by atoms with E-state index in [1.54, 1.807) is 10.4 Å². The molecule has 25 heavy (non-hydrogen) atoms. The Kier molecular flexibility index (Phi) is 4.89. The second-order valence-corrected chi connectivity index (χ2v) is 7.57. The summed E-state index contributed by atoms with van der Waals surface area (Å²) in [6.07, 6.45) is 0.907. The number of anilines is 1. The van der Waals surface area contributed by atoms with Gasteiger partial charge in [-0.25, -0.2) is 19.2 Å². The van der Waals surface area contributed by atoms with Crippen molar-refractivity contribution in [2.45, 2.75) is 26.4 Å². The Labute approximate surface area is 150 Å². The van der Waals surface area contributed by atoms with Crippen molar-refractivity contribution in [1.29, 1.82) is 0 Å². The molecule has 0 saturated carbocycles. The van der Waals surface area contributed by atoms with Crippen LogP contribution < -0.4 is 4.90 Å². The number of rotatable bonds is 2. The molecule has 0 spiro atoms. The zero-order valence-electron chi connectivity index (χ0n) is 14.5. The summed E-state index contributed by atoms with van der Waals surface area (Å²) in [5.41, 5.74) is 2.59. The Bertz CT molecular complexity index is 738. The van der Waals surface area contributed by atoms with Crippen LogP contribution in [0.4, 0.5) is 15.0 Å². The summed E-state index contributed by atoms with van der Waals surface area (Å²) in [6.45, 7) is 7.83. The number of carbonyl (C=O) groups is 1. The highest BCUT2D eigenvalue weighted by molar-refractivity contribution is 7.07. The Morgan fingerprint density at radius 2 is 1.96 bits per heavy atom. The highest BCUT2D eigenvalue weighted by atomic mass is 32.1. The molecule has 0 radical (unpaired) electrons. The Hall–Kier alpha value is -2.22. The Balaban J connectivity index is 1.73. The Morgan fingerprint density at radius 1 is 1.24 bits per heavy atom. The molecule has 134 valence electrons. The topological polar surface area (TPSA) is 58.6 Å². The molecule has 0 unspecified atom stereocenters. The summed E-state index contributed by atoms with van der Waals surface area (Å²) in [7, 11) is 0. The van der Waals surface area contributed by atoms with Crippen LogP contribution in [0.25, 0.3) is 11.3 Å².